The molecule has 43 heavy (non-hydrogen) atoms. The quantitative estimate of drug-likeness (QED) is 0.127. The van der Waals surface area contributed by atoms with E-state index in [2.05, 4.69) is 16.0 Å². The molecule has 0 aliphatic carbocycles. The van der Waals surface area contributed by atoms with Crippen LogP contribution in [0, 0.1) is 0 Å². The second-order valence-corrected chi connectivity index (χ2v) is 10.7. The van der Waals surface area contributed by atoms with Crippen molar-refractivity contribution < 1.29 is 27.6 Å². The van der Waals surface area contributed by atoms with Gasteiger partial charge >= 0.3 is 6.18 Å². The number of carbonyl (C=O) groups is 3. The molecular formula is C31H22Cl2F3N3O3S. The second-order valence-electron chi connectivity index (χ2n) is 8.92. The molecule has 0 aliphatic heterocycles. The molecule has 12 heteroatoms. The first kappa shape index (κ1) is 31.7. The first-order valence-electron chi connectivity index (χ1n) is 12.5. The summed E-state index contributed by atoms with van der Waals surface area (Å²) >= 11 is 13.6. The van der Waals surface area contributed by atoms with Crippen LogP contribution >= 0.6 is 35.0 Å². The minimum atomic E-state index is -4.51. The molecule has 0 fully saturated rings. The maximum atomic E-state index is 13.2. The van der Waals surface area contributed by atoms with E-state index in [1.54, 1.807) is 72.8 Å². The van der Waals surface area contributed by atoms with Crippen molar-refractivity contribution in [1.29, 1.82) is 0 Å². The van der Waals surface area contributed by atoms with Crippen LogP contribution in [0.4, 0.5) is 24.5 Å². The van der Waals surface area contributed by atoms with Gasteiger partial charge in [-0.3, -0.25) is 14.4 Å². The Labute approximate surface area is 259 Å². The fourth-order valence-corrected chi connectivity index (χ4v) is 4.74. The van der Waals surface area contributed by atoms with Crippen molar-refractivity contribution in [2.45, 2.75) is 11.1 Å². The summed E-state index contributed by atoms with van der Waals surface area (Å²) in [4.78, 5) is 39.0. The summed E-state index contributed by atoms with van der Waals surface area (Å²) in [6.45, 7) is 0. The molecule has 0 aromatic heterocycles. The fraction of sp³-hybridized carbons (Fsp3) is 0.0645. The van der Waals surface area contributed by atoms with Crippen molar-refractivity contribution in [3.63, 3.8) is 0 Å². The lowest BCUT2D eigenvalue weighted by molar-refractivity contribution is -0.137. The minimum absolute atomic E-state index is 0.0424. The van der Waals surface area contributed by atoms with Gasteiger partial charge in [0.15, 0.2) is 0 Å². The molecule has 4 aromatic carbocycles. The third-order valence-corrected chi connectivity index (χ3v) is 7.61. The minimum Gasteiger partial charge on any atom is -0.325 e. The summed E-state index contributed by atoms with van der Waals surface area (Å²) in [5.74, 6) is -1.66. The Balaban J connectivity index is 1.41. The van der Waals surface area contributed by atoms with Crippen molar-refractivity contribution >= 4 is 70.1 Å². The van der Waals surface area contributed by atoms with E-state index >= 15 is 0 Å². The van der Waals surface area contributed by atoms with E-state index in [-0.39, 0.29) is 27.2 Å². The zero-order valence-corrected chi connectivity index (χ0v) is 24.4. The number of amides is 3. The van der Waals surface area contributed by atoms with E-state index in [1.807, 2.05) is 0 Å². The van der Waals surface area contributed by atoms with Gasteiger partial charge < -0.3 is 16.0 Å². The molecule has 0 aliphatic rings. The van der Waals surface area contributed by atoms with Crippen molar-refractivity contribution in [2.75, 3.05) is 16.4 Å². The highest BCUT2D eigenvalue weighted by Gasteiger charge is 2.30. The van der Waals surface area contributed by atoms with E-state index < -0.39 is 29.5 Å². The SMILES string of the molecule is O=C(CSc1ccc(NC(=O)/C(=C/c2cccc(Cl)c2Cl)NC(=O)c2ccccc2)cc1)Nc1cccc(C(F)(F)F)c1. The predicted octanol–water partition coefficient (Wildman–Crippen LogP) is 8.15. The number of benzene rings is 4. The Hall–Kier alpha value is -4.25. The summed E-state index contributed by atoms with van der Waals surface area (Å²) in [7, 11) is 0. The summed E-state index contributed by atoms with van der Waals surface area (Å²) in [6, 6.07) is 24.2. The number of rotatable bonds is 9. The number of hydrogen-bond donors (Lipinski definition) is 3. The maximum Gasteiger partial charge on any atom is 0.416 e. The number of thioether (sulfide) groups is 1. The Morgan fingerprint density at radius 3 is 2.19 bits per heavy atom. The van der Waals surface area contributed by atoms with Gasteiger partial charge in [0.05, 0.1) is 21.4 Å². The Morgan fingerprint density at radius 1 is 0.791 bits per heavy atom. The molecule has 0 saturated carbocycles. The summed E-state index contributed by atoms with van der Waals surface area (Å²) in [6.07, 6.45) is -3.10. The van der Waals surface area contributed by atoms with Crippen molar-refractivity contribution in [1.82, 2.24) is 5.32 Å². The summed E-state index contributed by atoms with van der Waals surface area (Å²) in [5, 5.41) is 8.28. The van der Waals surface area contributed by atoms with Gasteiger partial charge in [-0.05, 0) is 72.3 Å². The van der Waals surface area contributed by atoms with Crippen molar-refractivity contribution in [3.8, 4) is 0 Å². The number of carbonyl (C=O) groups excluding carboxylic acids is 3. The zero-order valence-electron chi connectivity index (χ0n) is 22.0. The van der Waals surface area contributed by atoms with Crippen LogP contribution in [0.3, 0.4) is 0 Å². The van der Waals surface area contributed by atoms with Crippen LogP contribution in [-0.4, -0.2) is 23.5 Å². The highest BCUT2D eigenvalue weighted by Crippen LogP contribution is 2.31. The zero-order chi connectivity index (χ0) is 31.0. The smallest absolute Gasteiger partial charge is 0.325 e. The highest BCUT2D eigenvalue weighted by molar-refractivity contribution is 8.00. The van der Waals surface area contributed by atoms with Crippen LogP contribution in [0.1, 0.15) is 21.5 Å². The van der Waals surface area contributed by atoms with E-state index in [0.29, 0.717) is 21.7 Å². The van der Waals surface area contributed by atoms with Gasteiger partial charge in [0.25, 0.3) is 11.8 Å². The predicted molar refractivity (Wildman–Crippen MR) is 164 cm³/mol. The van der Waals surface area contributed by atoms with Gasteiger partial charge in [-0.2, -0.15) is 13.2 Å². The topological polar surface area (TPSA) is 87.3 Å². The van der Waals surface area contributed by atoms with Crippen LogP contribution in [0.5, 0.6) is 0 Å². The summed E-state index contributed by atoms with van der Waals surface area (Å²) in [5.41, 5.74) is 0.270. The number of halogens is 5. The fourth-order valence-electron chi connectivity index (χ4n) is 3.68. The molecule has 4 rings (SSSR count). The van der Waals surface area contributed by atoms with E-state index in [0.717, 1.165) is 23.9 Å². The lowest BCUT2D eigenvalue weighted by Crippen LogP contribution is -2.30. The molecule has 0 heterocycles. The van der Waals surface area contributed by atoms with Crippen LogP contribution in [0.2, 0.25) is 10.0 Å². The lowest BCUT2D eigenvalue weighted by Gasteiger charge is -2.12. The molecule has 3 amide bonds. The molecule has 220 valence electrons. The largest absolute Gasteiger partial charge is 0.416 e. The average molecular weight is 645 g/mol. The van der Waals surface area contributed by atoms with Gasteiger partial charge in [0.2, 0.25) is 5.91 Å². The normalized spacial score (nSPS) is 11.5. The lowest BCUT2D eigenvalue weighted by atomic mass is 10.1. The van der Waals surface area contributed by atoms with Crippen LogP contribution in [-0.2, 0) is 15.8 Å². The molecule has 0 radical (unpaired) electrons. The Bertz CT molecular complexity index is 1660. The molecule has 3 N–H and O–H groups in total. The second kappa shape index (κ2) is 14.3. The third-order valence-electron chi connectivity index (χ3n) is 5.77. The number of hydrogen-bond acceptors (Lipinski definition) is 4. The van der Waals surface area contributed by atoms with Gasteiger partial charge in [-0.1, -0.05) is 59.6 Å². The van der Waals surface area contributed by atoms with E-state index in [4.69, 9.17) is 23.2 Å². The van der Waals surface area contributed by atoms with E-state index in [9.17, 15) is 27.6 Å². The van der Waals surface area contributed by atoms with Gasteiger partial charge in [0.1, 0.15) is 5.70 Å². The number of anilines is 2. The molecule has 0 spiro atoms. The van der Waals surface area contributed by atoms with Crippen molar-refractivity contribution in [3.05, 3.63) is 129 Å². The van der Waals surface area contributed by atoms with Gasteiger partial charge in [-0.25, -0.2) is 0 Å². The summed E-state index contributed by atoms with van der Waals surface area (Å²) < 4.78 is 38.7. The molecule has 0 saturated heterocycles. The third kappa shape index (κ3) is 9.12. The van der Waals surface area contributed by atoms with Gasteiger partial charge in [-0.15, -0.1) is 11.8 Å². The molecule has 0 bridgehead atoms. The Morgan fingerprint density at radius 2 is 1.49 bits per heavy atom. The Kier molecular flexibility index (Phi) is 10.5. The average Bonchev–Trinajstić information content (AvgIpc) is 2.98. The molecule has 4 aromatic rings. The maximum absolute atomic E-state index is 13.2. The first-order chi connectivity index (χ1) is 20.5. The first-order valence-corrected chi connectivity index (χ1v) is 14.3. The standard InChI is InChI=1S/C31H22Cl2F3N3O3S/c32-25-11-4-8-20(28(25)33)16-26(39-29(41)19-6-2-1-3-7-19)30(42)38-22-12-14-24(15-13-22)43-18-27(40)37-23-10-5-9-21(17-23)31(34,35)36/h1-17H,18H2,(H,37,40)(H,38,42)(H,39,41)/b26-16-. The molecule has 0 unspecified atom stereocenters. The van der Waals surface area contributed by atoms with Gasteiger partial charge in [0, 0.05) is 21.8 Å². The van der Waals surface area contributed by atoms with E-state index in [1.165, 1.54) is 18.2 Å². The molecular weight excluding hydrogens is 622 g/mol. The number of nitrogens with one attached hydrogen (secondary N) is 3. The molecule has 6 nitrogen and oxygen atoms in total. The van der Waals surface area contributed by atoms with Crippen LogP contribution < -0.4 is 16.0 Å². The molecule has 0 atom stereocenters. The van der Waals surface area contributed by atoms with Crippen LogP contribution in [0.15, 0.2) is 108 Å². The van der Waals surface area contributed by atoms with Crippen molar-refractivity contribution in [2.24, 2.45) is 0 Å². The number of alkyl halides is 3. The highest BCUT2D eigenvalue weighted by atomic mass is 35.5. The van der Waals surface area contributed by atoms with Crippen LogP contribution in [0.25, 0.3) is 6.08 Å². The monoisotopic (exact) mass is 643 g/mol.